The van der Waals surface area contributed by atoms with Crippen LogP contribution in [-0.2, 0) is 0 Å². The summed E-state index contributed by atoms with van der Waals surface area (Å²) in [4.78, 5) is 25.7. The fourth-order valence-corrected chi connectivity index (χ4v) is 3.86. The largest absolute Gasteiger partial charge is 0.493 e. The van der Waals surface area contributed by atoms with Crippen LogP contribution in [0.2, 0.25) is 0 Å². The molecule has 0 atom stereocenters. The van der Waals surface area contributed by atoms with E-state index in [9.17, 15) is 9.59 Å². The third-order valence-electron chi connectivity index (χ3n) is 5.81. The Balaban J connectivity index is 1.48. The lowest BCUT2D eigenvalue weighted by Crippen LogP contribution is -2.18. The van der Waals surface area contributed by atoms with E-state index in [1.54, 1.807) is 25.1 Å². The molecule has 0 aliphatic heterocycles. The van der Waals surface area contributed by atoms with E-state index in [4.69, 9.17) is 28.2 Å². The predicted molar refractivity (Wildman–Crippen MR) is 146 cm³/mol. The Bertz CT molecular complexity index is 1520. The SMILES string of the molecule is COc1cc(/C=N/NC(=O)c2c(-c3ccccc3)noc2C)ccc1OC(=O)c1cc(OC)c(OC)c(OC)c1. The maximum atomic E-state index is 12.9. The molecule has 11 heteroatoms. The minimum absolute atomic E-state index is 0.176. The van der Waals surface area contributed by atoms with Gasteiger partial charge in [-0.2, -0.15) is 5.10 Å². The standard InChI is InChI=1S/C29H27N3O8/c1-17-25(26(32-40-17)19-9-7-6-8-10-19)28(33)31-30-16-18-11-12-21(22(13-18)35-2)39-29(34)20-14-23(36-3)27(38-5)24(15-20)37-4/h6-16H,1-5H3,(H,31,33)/b30-16+. The van der Waals surface area contributed by atoms with E-state index in [0.29, 0.717) is 34.3 Å². The van der Waals surface area contributed by atoms with E-state index in [1.807, 2.05) is 30.3 Å². The quantitative estimate of drug-likeness (QED) is 0.131. The molecule has 1 amide bonds. The zero-order valence-corrected chi connectivity index (χ0v) is 22.5. The topological polar surface area (TPSA) is 131 Å². The average Bonchev–Trinajstić information content (AvgIpc) is 3.38. The smallest absolute Gasteiger partial charge is 0.343 e. The van der Waals surface area contributed by atoms with E-state index >= 15 is 0 Å². The first-order valence-corrected chi connectivity index (χ1v) is 12.0. The van der Waals surface area contributed by atoms with Gasteiger partial charge >= 0.3 is 5.97 Å². The molecule has 1 aromatic heterocycles. The van der Waals surface area contributed by atoms with Gasteiger partial charge in [-0.1, -0.05) is 35.5 Å². The highest BCUT2D eigenvalue weighted by Gasteiger charge is 2.22. The van der Waals surface area contributed by atoms with Crippen LogP contribution in [0.1, 0.15) is 32.0 Å². The molecule has 0 spiro atoms. The summed E-state index contributed by atoms with van der Waals surface area (Å²) in [5, 5.41) is 8.06. The number of carbonyl (C=O) groups is 2. The van der Waals surface area contributed by atoms with Crippen LogP contribution in [-0.4, -0.2) is 51.7 Å². The summed E-state index contributed by atoms with van der Waals surface area (Å²) in [5.41, 5.74) is 4.71. The number of hydrogen-bond donors (Lipinski definition) is 1. The Kier molecular flexibility index (Phi) is 8.65. The van der Waals surface area contributed by atoms with Crippen LogP contribution < -0.4 is 29.1 Å². The fraction of sp³-hybridized carbons (Fsp3) is 0.172. The minimum atomic E-state index is -0.662. The first-order chi connectivity index (χ1) is 19.4. The van der Waals surface area contributed by atoms with Gasteiger partial charge in [-0.25, -0.2) is 10.2 Å². The Morgan fingerprint density at radius 1 is 0.850 bits per heavy atom. The molecule has 206 valence electrons. The Morgan fingerprint density at radius 3 is 2.15 bits per heavy atom. The van der Waals surface area contributed by atoms with Crippen LogP contribution in [0.25, 0.3) is 11.3 Å². The molecular formula is C29H27N3O8. The second kappa shape index (κ2) is 12.5. The van der Waals surface area contributed by atoms with Crippen molar-refractivity contribution in [2.45, 2.75) is 6.92 Å². The molecule has 0 saturated heterocycles. The highest BCUT2D eigenvalue weighted by Crippen LogP contribution is 2.39. The van der Waals surface area contributed by atoms with Gasteiger partial charge in [0.05, 0.1) is 40.2 Å². The molecule has 4 rings (SSSR count). The van der Waals surface area contributed by atoms with Crippen molar-refractivity contribution in [2.75, 3.05) is 28.4 Å². The van der Waals surface area contributed by atoms with Crippen molar-refractivity contribution in [2.24, 2.45) is 5.10 Å². The fourth-order valence-electron chi connectivity index (χ4n) is 3.86. The zero-order valence-electron chi connectivity index (χ0n) is 22.5. The van der Waals surface area contributed by atoms with E-state index in [1.165, 1.54) is 46.8 Å². The van der Waals surface area contributed by atoms with Gasteiger partial charge in [0.25, 0.3) is 5.91 Å². The van der Waals surface area contributed by atoms with Crippen molar-refractivity contribution in [1.82, 2.24) is 10.6 Å². The normalized spacial score (nSPS) is 10.7. The number of carbonyl (C=O) groups excluding carboxylic acids is 2. The molecule has 0 aliphatic carbocycles. The zero-order chi connectivity index (χ0) is 28.6. The number of esters is 1. The number of aryl methyl sites for hydroxylation is 1. The first-order valence-electron chi connectivity index (χ1n) is 12.0. The second-order valence-electron chi connectivity index (χ2n) is 8.24. The molecule has 40 heavy (non-hydrogen) atoms. The molecular weight excluding hydrogens is 518 g/mol. The lowest BCUT2D eigenvalue weighted by atomic mass is 10.1. The summed E-state index contributed by atoms with van der Waals surface area (Å²) in [6.45, 7) is 1.65. The first kappa shape index (κ1) is 27.7. The summed E-state index contributed by atoms with van der Waals surface area (Å²) in [7, 11) is 5.81. The molecule has 1 heterocycles. The van der Waals surface area contributed by atoms with Crippen LogP contribution in [0, 0.1) is 6.92 Å². The van der Waals surface area contributed by atoms with E-state index in [-0.39, 0.29) is 22.6 Å². The van der Waals surface area contributed by atoms with Crippen molar-refractivity contribution < 1.29 is 37.8 Å². The summed E-state index contributed by atoms with van der Waals surface area (Å²) in [5.74, 6) is 0.656. The molecule has 0 saturated carbocycles. The van der Waals surface area contributed by atoms with Gasteiger partial charge in [0, 0.05) is 5.56 Å². The number of benzene rings is 3. The van der Waals surface area contributed by atoms with Gasteiger partial charge in [0.2, 0.25) is 5.75 Å². The van der Waals surface area contributed by atoms with Gasteiger partial charge in [0.1, 0.15) is 17.0 Å². The van der Waals surface area contributed by atoms with Crippen LogP contribution in [0.3, 0.4) is 0 Å². The predicted octanol–water partition coefficient (Wildman–Crippen LogP) is 4.67. The van der Waals surface area contributed by atoms with E-state index in [2.05, 4.69) is 15.7 Å². The number of hydrogen-bond acceptors (Lipinski definition) is 10. The molecule has 0 aliphatic rings. The van der Waals surface area contributed by atoms with Crippen molar-refractivity contribution in [1.29, 1.82) is 0 Å². The van der Waals surface area contributed by atoms with Gasteiger partial charge in [-0.3, -0.25) is 4.79 Å². The number of rotatable bonds is 10. The van der Waals surface area contributed by atoms with Crippen molar-refractivity contribution in [3.05, 3.63) is 83.1 Å². The van der Waals surface area contributed by atoms with Crippen LogP contribution in [0.5, 0.6) is 28.7 Å². The maximum absolute atomic E-state index is 12.9. The lowest BCUT2D eigenvalue weighted by Gasteiger charge is -2.14. The summed E-state index contributed by atoms with van der Waals surface area (Å²) < 4.78 is 32.1. The number of amides is 1. The molecule has 4 aromatic rings. The van der Waals surface area contributed by atoms with E-state index in [0.717, 1.165) is 5.56 Å². The van der Waals surface area contributed by atoms with Crippen LogP contribution in [0.15, 0.2) is 70.3 Å². The number of methoxy groups -OCH3 is 4. The van der Waals surface area contributed by atoms with Crippen LogP contribution in [0.4, 0.5) is 0 Å². The molecule has 0 bridgehead atoms. The second-order valence-corrected chi connectivity index (χ2v) is 8.24. The van der Waals surface area contributed by atoms with Crippen molar-refractivity contribution in [3.8, 4) is 40.0 Å². The van der Waals surface area contributed by atoms with Crippen molar-refractivity contribution in [3.63, 3.8) is 0 Å². The third-order valence-corrected chi connectivity index (χ3v) is 5.81. The third kappa shape index (κ3) is 5.88. The van der Waals surface area contributed by atoms with E-state index < -0.39 is 11.9 Å². The summed E-state index contributed by atoms with van der Waals surface area (Å²) in [6.07, 6.45) is 1.43. The maximum Gasteiger partial charge on any atom is 0.343 e. The lowest BCUT2D eigenvalue weighted by molar-refractivity contribution is 0.0728. The molecule has 0 unspecified atom stereocenters. The highest BCUT2D eigenvalue weighted by molar-refractivity contribution is 6.01. The molecule has 1 N–H and O–H groups in total. The van der Waals surface area contributed by atoms with Gasteiger partial charge in [0.15, 0.2) is 23.0 Å². The Morgan fingerprint density at radius 2 is 1.52 bits per heavy atom. The van der Waals surface area contributed by atoms with Gasteiger partial charge in [-0.15, -0.1) is 0 Å². The molecule has 0 radical (unpaired) electrons. The minimum Gasteiger partial charge on any atom is -0.493 e. The van der Waals surface area contributed by atoms with Crippen LogP contribution >= 0.6 is 0 Å². The highest BCUT2D eigenvalue weighted by atomic mass is 16.6. The Hall–Kier alpha value is -5.32. The monoisotopic (exact) mass is 545 g/mol. The average molecular weight is 546 g/mol. The molecule has 11 nitrogen and oxygen atoms in total. The number of nitrogens with zero attached hydrogens (tertiary/aromatic N) is 2. The number of nitrogens with one attached hydrogen (secondary N) is 1. The number of aromatic nitrogens is 1. The number of hydrazone groups is 1. The summed E-state index contributed by atoms with van der Waals surface area (Å²) >= 11 is 0. The Labute approximate surface area is 230 Å². The summed E-state index contributed by atoms with van der Waals surface area (Å²) in [6, 6.07) is 17.0. The van der Waals surface area contributed by atoms with Crippen molar-refractivity contribution >= 4 is 18.1 Å². The van der Waals surface area contributed by atoms with Gasteiger partial charge in [-0.05, 0) is 42.8 Å². The number of ether oxygens (including phenoxy) is 5. The molecule has 0 fully saturated rings. The molecule has 3 aromatic carbocycles. The van der Waals surface area contributed by atoms with Gasteiger partial charge < -0.3 is 28.2 Å².